The van der Waals surface area contributed by atoms with E-state index in [1.165, 1.54) is 11.8 Å². The van der Waals surface area contributed by atoms with Crippen molar-refractivity contribution < 1.29 is 4.79 Å². The summed E-state index contributed by atoms with van der Waals surface area (Å²) in [6.45, 7) is 10.0. The summed E-state index contributed by atoms with van der Waals surface area (Å²) in [6.07, 6.45) is 0. The quantitative estimate of drug-likeness (QED) is 0.726. The van der Waals surface area contributed by atoms with Crippen LogP contribution in [0.5, 0.6) is 0 Å². The van der Waals surface area contributed by atoms with Gasteiger partial charge in [0.15, 0.2) is 5.16 Å². The molecule has 0 N–H and O–H groups in total. The van der Waals surface area contributed by atoms with Gasteiger partial charge in [-0.25, -0.2) is 0 Å². The van der Waals surface area contributed by atoms with Gasteiger partial charge >= 0.3 is 0 Å². The predicted octanol–water partition coefficient (Wildman–Crippen LogP) is 3.97. The molecule has 0 spiro atoms. The highest BCUT2D eigenvalue weighted by Crippen LogP contribution is 2.23. The van der Waals surface area contributed by atoms with Crippen LogP contribution < -0.4 is 0 Å². The molecular formula is C17H23ClN4OS. The van der Waals surface area contributed by atoms with Crippen LogP contribution in [-0.2, 0) is 4.79 Å². The van der Waals surface area contributed by atoms with Crippen molar-refractivity contribution in [1.29, 1.82) is 0 Å². The van der Waals surface area contributed by atoms with Gasteiger partial charge in [-0.05, 0) is 58.9 Å². The maximum Gasteiger partial charge on any atom is 0.233 e. The van der Waals surface area contributed by atoms with Crippen LogP contribution in [0, 0.1) is 6.92 Å². The molecule has 24 heavy (non-hydrogen) atoms. The Morgan fingerprint density at radius 3 is 2.29 bits per heavy atom. The molecule has 0 atom stereocenters. The molecule has 2 aromatic rings. The summed E-state index contributed by atoms with van der Waals surface area (Å²) in [4.78, 5) is 14.4. The summed E-state index contributed by atoms with van der Waals surface area (Å²) in [5.41, 5.74) is 0.932. The lowest BCUT2D eigenvalue weighted by atomic mass is 10.2. The van der Waals surface area contributed by atoms with E-state index in [1.807, 2.05) is 68.4 Å². The van der Waals surface area contributed by atoms with Gasteiger partial charge in [-0.3, -0.25) is 9.36 Å². The first-order chi connectivity index (χ1) is 11.3. The number of benzene rings is 1. The molecular weight excluding hydrogens is 344 g/mol. The number of amides is 1. The Hall–Kier alpha value is -1.53. The highest BCUT2D eigenvalue weighted by Gasteiger charge is 2.21. The number of aromatic nitrogens is 3. The van der Waals surface area contributed by atoms with E-state index in [-0.39, 0.29) is 18.0 Å². The Balaban J connectivity index is 2.17. The smallest absolute Gasteiger partial charge is 0.233 e. The monoisotopic (exact) mass is 366 g/mol. The number of thioether (sulfide) groups is 1. The summed E-state index contributed by atoms with van der Waals surface area (Å²) in [5, 5.41) is 9.73. The van der Waals surface area contributed by atoms with Gasteiger partial charge in [-0.15, -0.1) is 10.2 Å². The summed E-state index contributed by atoms with van der Waals surface area (Å²) in [6, 6.07) is 7.84. The summed E-state index contributed by atoms with van der Waals surface area (Å²) in [7, 11) is 0. The maximum atomic E-state index is 12.5. The highest BCUT2D eigenvalue weighted by atomic mass is 35.5. The van der Waals surface area contributed by atoms with Crippen LogP contribution in [0.2, 0.25) is 5.02 Å². The van der Waals surface area contributed by atoms with E-state index in [9.17, 15) is 4.79 Å². The van der Waals surface area contributed by atoms with Gasteiger partial charge in [0, 0.05) is 22.8 Å². The molecule has 0 radical (unpaired) electrons. The third-order valence-electron chi connectivity index (χ3n) is 3.61. The number of halogens is 1. The molecule has 2 rings (SSSR count). The zero-order chi connectivity index (χ0) is 17.9. The Morgan fingerprint density at radius 2 is 1.75 bits per heavy atom. The summed E-state index contributed by atoms with van der Waals surface area (Å²) in [5.74, 6) is 1.22. The molecule has 0 bridgehead atoms. The van der Waals surface area contributed by atoms with Crippen molar-refractivity contribution in [2.75, 3.05) is 5.75 Å². The van der Waals surface area contributed by atoms with Gasteiger partial charge in [0.05, 0.1) is 5.75 Å². The first-order valence-electron chi connectivity index (χ1n) is 7.93. The number of hydrogen-bond donors (Lipinski definition) is 0. The van der Waals surface area contributed by atoms with Crippen molar-refractivity contribution >= 4 is 29.3 Å². The van der Waals surface area contributed by atoms with Crippen molar-refractivity contribution in [2.45, 2.75) is 51.9 Å². The number of carbonyl (C=O) groups is 1. The van der Waals surface area contributed by atoms with E-state index < -0.39 is 0 Å². The molecule has 7 heteroatoms. The number of rotatable bonds is 6. The summed E-state index contributed by atoms with van der Waals surface area (Å²) >= 11 is 7.36. The van der Waals surface area contributed by atoms with Gasteiger partial charge in [0.2, 0.25) is 5.91 Å². The molecule has 0 aliphatic carbocycles. The van der Waals surface area contributed by atoms with Gasteiger partial charge in [0.1, 0.15) is 5.82 Å². The minimum atomic E-state index is 0.105. The first-order valence-corrected chi connectivity index (χ1v) is 9.29. The second-order valence-corrected chi connectivity index (χ2v) is 7.50. The molecule has 0 saturated carbocycles. The average molecular weight is 367 g/mol. The molecule has 0 unspecified atom stereocenters. The fourth-order valence-corrected chi connectivity index (χ4v) is 3.69. The average Bonchev–Trinajstić information content (AvgIpc) is 2.86. The number of nitrogens with zero attached hydrogens (tertiary/aromatic N) is 4. The van der Waals surface area contributed by atoms with Crippen molar-refractivity contribution in [3.05, 3.63) is 35.1 Å². The first kappa shape index (κ1) is 18.8. The van der Waals surface area contributed by atoms with Gasteiger partial charge in [-0.2, -0.15) is 0 Å². The van der Waals surface area contributed by atoms with E-state index in [1.54, 1.807) is 0 Å². The second-order valence-electron chi connectivity index (χ2n) is 6.12. The number of hydrogen-bond acceptors (Lipinski definition) is 4. The molecule has 1 amide bonds. The molecule has 1 aromatic heterocycles. The maximum absolute atomic E-state index is 12.5. The molecule has 1 aromatic carbocycles. The van der Waals surface area contributed by atoms with Crippen LogP contribution in [0.15, 0.2) is 29.4 Å². The van der Waals surface area contributed by atoms with Crippen LogP contribution in [0.3, 0.4) is 0 Å². The molecule has 0 saturated heterocycles. The molecule has 0 aliphatic rings. The van der Waals surface area contributed by atoms with Crippen molar-refractivity contribution in [1.82, 2.24) is 19.7 Å². The number of aryl methyl sites for hydroxylation is 1. The fourth-order valence-electron chi connectivity index (χ4n) is 2.70. The third-order valence-corrected chi connectivity index (χ3v) is 4.77. The summed E-state index contributed by atoms with van der Waals surface area (Å²) < 4.78 is 1.93. The Labute approximate surface area is 152 Å². The van der Waals surface area contributed by atoms with Crippen molar-refractivity contribution in [3.63, 3.8) is 0 Å². The zero-order valence-electron chi connectivity index (χ0n) is 14.7. The molecule has 0 aliphatic heterocycles. The Kier molecular flexibility index (Phi) is 6.29. The SMILES string of the molecule is Cc1nnc(SCC(=O)N(C(C)C)C(C)C)n1-c1ccc(Cl)cc1. The lowest BCUT2D eigenvalue weighted by Crippen LogP contribution is -2.43. The van der Waals surface area contributed by atoms with E-state index in [0.717, 1.165) is 11.5 Å². The lowest BCUT2D eigenvalue weighted by Gasteiger charge is -2.30. The van der Waals surface area contributed by atoms with Crippen LogP contribution in [-0.4, -0.2) is 43.4 Å². The normalized spacial score (nSPS) is 11.3. The zero-order valence-corrected chi connectivity index (χ0v) is 16.2. The predicted molar refractivity (Wildman–Crippen MR) is 98.9 cm³/mol. The standard InChI is InChI=1S/C17H23ClN4OS/c1-11(2)21(12(3)4)16(23)10-24-17-20-19-13(5)22(17)15-8-6-14(18)7-9-15/h6-9,11-12H,10H2,1-5H3. The van der Waals surface area contributed by atoms with Crippen molar-refractivity contribution in [2.24, 2.45) is 0 Å². The van der Waals surface area contributed by atoms with Gasteiger partial charge in [-0.1, -0.05) is 23.4 Å². The molecule has 130 valence electrons. The van der Waals surface area contributed by atoms with Crippen LogP contribution in [0.4, 0.5) is 0 Å². The van der Waals surface area contributed by atoms with E-state index in [4.69, 9.17) is 11.6 Å². The van der Waals surface area contributed by atoms with Crippen LogP contribution in [0.1, 0.15) is 33.5 Å². The third kappa shape index (κ3) is 4.30. The highest BCUT2D eigenvalue weighted by molar-refractivity contribution is 7.99. The van der Waals surface area contributed by atoms with E-state index in [0.29, 0.717) is 15.9 Å². The van der Waals surface area contributed by atoms with Gasteiger partial charge < -0.3 is 4.90 Å². The Bertz CT molecular complexity index is 689. The molecule has 1 heterocycles. The molecule has 0 fully saturated rings. The minimum Gasteiger partial charge on any atom is -0.337 e. The minimum absolute atomic E-state index is 0.105. The van der Waals surface area contributed by atoms with Crippen molar-refractivity contribution in [3.8, 4) is 5.69 Å². The van der Waals surface area contributed by atoms with Crippen LogP contribution in [0.25, 0.3) is 5.69 Å². The lowest BCUT2D eigenvalue weighted by molar-refractivity contribution is -0.131. The fraction of sp³-hybridized carbons (Fsp3) is 0.471. The van der Waals surface area contributed by atoms with E-state index in [2.05, 4.69) is 10.2 Å². The largest absolute Gasteiger partial charge is 0.337 e. The van der Waals surface area contributed by atoms with Crippen LogP contribution >= 0.6 is 23.4 Å². The topological polar surface area (TPSA) is 51.0 Å². The van der Waals surface area contributed by atoms with Gasteiger partial charge in [0.25, 0.3) is 0 Å². The number of carbonyl (C=O) groups excluding carboxylic acids is 1. The second kappa shape index (κ2) is 8.03. The molecule has 5 nitrogen and oxygen atoms in total. The Morgan fingerprint density at radius 1 is 1.17 bits per heavy atom. The van der Waals surface area contributed by atoms with E-state index >= 15 is 0 Å².